The third kappa shape index (κ3) is 0.769. The molecule has 0 atom stereocenters. The van der Waals surface area contributed by atoms with Crippen LogP contribution in [0.2, 0.25) is 0 Å². The Kier molecular flexibility index (Phi) is 1.44. The summed E-state index contributed by atoms with van der Waals surface area (Å²) in [7, 11) is 0. The van der Waals surface area contributed by atoms with Gasteiger partial charge in [0.1, 0.15) is 11.6 Å². The van der Waals surface area contributed by atoms with Crippen molar-refractivity contribution in [1.29, 1.82) is 5.26 Å². The Labute approximate surface area is 61.4 Å². The highest BCUT2D eigenvalue weighted by atomic mass is 35.5. The summed E-state index contributed by atoms with van der Waals surface area (Å²) in [6.07, 6.45) is 0.898. The van der Waals surface area contributed by atoms with Gasteiger partial charge in [-0.3, -0.25) is 9.59 Å². The van der Waals surface area contributed by atoms with Gasteiger partial charge in [0, 0.05) is 17.9 Å². The van der Waals surface area contributed by atoms with Crippen LogP contribution in [-0.2, 0) is 9.59 Å². The summed E-state index contributed by atoms with van der Waals surface area (Å²) in [4.78, 5) is 21.1. The molecule has 2 amide bonds. The van der Waals surface area contributed by atoms with Gasteiger partial charge in [0.2, 0.25) is 0 Å². The zero-order valence-electron chi connectivity index (χ0n) is 4.67. The molecular formula is C5HClN2O2. The van der Waals surface area contributed by atoms with Gasteiger partial charge in [0.05, 0.1) is 0 Å². The number of carbonyl (C=O) groups excluding carboxylic acids is 2. The van der Waals surface area contributed by atoms with Crippen molar-refractivity contribution in [3.8, 4) is 6.07 Å². The molecule has 0 N–H and O–H groups in total. The molecule has 0 bridgehead atoms. The zero-order chi connectivity index (χ0) is 7.72. The first-order valence-electron chi connectivity index (χ1n) is 2.33. The Hall–Kier alpha value is -1.34. The summed E-state index contributed by atoms with van der Waals surface area (Å²) in [6.45, 7) is 0. The molecule has 0 aliphatic carbocycles. The molecule has 0 spiro atoms. The summed E-state index contributed by atoms with van der Waals surface area (Å²) in [5, 5.41) is 8.20. The second-order valence-electron chi connectivity index (χ2n) is 1.59. The van der Waals surface area contributed by atoms with Gasteiger partial charge in [0.15, 0.2) is 0 Å². The van der Waals surface area contributed by atoms with E-state index in [2.05, 4.69) is 0 Å². The lowest BCUT2D eigenvalue weighted by molar-refractivity contribution is -0.131. The van der Waals surface area contributed by atoms with E-state index < -0.39 is 11.8 Å². The molecule has 0 aromatic rings. The standard InChI is InChI=1S/C5HClN2O2/c6-8-4(9)1-3(2-7)5(8)10/h1H. The van der Waals surface area contributed by atoms with Crippen LogP contribution in [-0.4, -0.2) is 16.2 Å². The minimum atomic E-state index is -0.755. The van der Waals surface area contributed by atoms with Crippen molar-refractivity contribution in [2.45, 2.75) is 0 Å². The van der Waals surface area contributed by atoms with Crippen LogP contribution in [0.5, 0.6) is 0 Å². The van der Waals surface area contributed by atoms with Crippen LogP contribution in [0.3, 0.4) is 0 Å². The molecule has 0 aromatic carbocycles. The van der Waals surface area contributed by atoms with Crippen LogP contribution in [0.15, 0.2) is 11.6 Å². The fraction of sp³-hybridized carbons (Fsp3) is 0. The van der Waals surface area contributed by atoms with Gasteiger partial charge in [-0.25, -0.2) is 0 Å². The van der Waals surface area contributed by atoms with E-state index in [1.165, 1.54) is 6.07 Å². The van der Waals surface area contributed by atoms with Crippen molar-refractivity contribution in [3.63, 3.8) is 0 Å². The topological polar surface area (TPSA) is 61.2 Å². The second kappa shape index (κ2) is 2.12. The minimum Gasteiger partial charge on any atom is -0.268 e. The molecule has 0 fully saturated rings. The van der Waals surface area contributed by atoms with Crippen molar-refractivity contribution in [1.82, 2.24) is 4.42 Å². The fourth-order valence-corrected chi connectivity index (χ4v) is 0.668. The highest BCUT2D eigenvalue weighted by Gasteiger charge is 2.29. The molecule has 1 aliphatic rings. The maximum Gasteiger partial charge on any atom is 0.286 e. The van der Waals surface area contributed by atoms with E-state index in [-0.39, 0.29) is 5.57 Å². The van der Waals surface area contributed by atoms with Gasteiger partial charge in [-0.2, -0.15) is 9.68 Å². The van der Waals surface area contributed by atoms with Crippen LogP contribution in [0.4, 0.5) is 0 Å². The first-order chi connectivity index (χ1) is 4.66. The van der Waals surface area contributed by atoms with E-state index in [9.17, 15) is 9.59 Å². The normalized spacial score (nSPS) is 17.2. The highest BCUT2D eigenvalue weighted by Crippen LogP contribution is 2.13. The van der Waals surface area contributed by atoms with Crippen LogP contribution in [0, 0.1) is 11.3 Å². The van der Waals surface area contributed by atoms with E-state index in [1.807, 2.05) is 0 Å². The SMILES string of the molecule is N#CC1=CC(=O)N(Cl)C1=O. The lowest BCUT2D eigenvalue weighted by Crippen LogP contribution is -2.19. The summed E-state index contributed by atoms with van der Waals surface area (Å²) in [5.41, 5.74) is -0.222. The number of hydrogen-bond acceptors (Lipinski definition) is 3. The Balaban J connectivity index is 3.03. The van der Waals surface area contributed by atoms with Crippen LogP contribution in [0.1, 0.15) is 0 Å². The molecule has 0 saturated heterocycles. The molecule has 5 heteroatoms. The first-order valence-corrected chi connectivity index (χ1v) is 2.66. The molecule has 0 radical (unpaired) electrons. The van der Waals surface area contributed by atoms with Gasteiger partial charge in [0.25, 0.3) is 11.8 Å². The van der Waals surface area contributed by atoms with Crippen LogP contribution >= 0.6 is 11.8 Å². The molecule has 0 saturated carbocycles. The maximum absolute atomic E-state index is 10.6. The number of nitriles is 1. The first kappa shape index (κ1) is 6.78. The van der Waals surface area contributed by atoms with E-state index in [0.717, 1.165) is 6.08 Å². The summed E-state index contributed by atoms with van der Waals surface area (Å²) >= 11 is 5.12. The summed E-state index contributed by atoms with van der Waals surface area (Å²) < 4.78 is 0.374. The van der Waals surface area contributed by atoms with Crippen molar-refractivity contribution >= 4 is 23.6 Å². The van der Waals surface area contributed by atoms with E-state index >= 15 is 0 Å². The van der Waals surface area contributed by atoms with Crippen LogP contribution < -0.4 is 0 Å². The maximum atomic E-state index is 10.6. The van der Waals surface area contributed by atoms with Gasteiger partial charge < -0.3 is 0 Å². The molecule has 0 unspecified atom stereocenters. The number of imide groups is 1. The smallest absolute Gasteiger partial charge is 0.268 e. The lowest BCUT2D eigenvalue weighted by atomic mass is 10.3. The van der Waals surface area contributed by atoms with Gasteiger partial charge in [-0.1, -0.05) is 0 Å². The largest absolute Gasteiger partial charge is 0.286 e. The number of carbonyl (C=O) groups is 2. The predicted molar refractivity (Wildman–Crippen MR) is 31.4 cm³/mol. The van der Waals surface area contributed by atoms with Crippen LogP contribution in [0.25, 0.3) is 0 Å². The predicted octanol–water partition coefficient (Wildman–Crippen LogP) is -0.0410. The summed E-state index contributed by atoms with van der Waals surface area (Å²) in [6, 6.07) is 1.54. The number of rotatable bonds is 0. The number of nitrogens with zero attached hydrogens (tertiary/aromatic N) is 2. The Bertz CT molecular complexity index is 276. The third-order valence-electron chi connectivity index (χ3n) is 0.990. The highest BCUT2D eigenvalue weighted by molar-refractivity contribution is 6.38. The average Bonchev–Trinajstić information content (AvgIpc) is 2.17. The van der Waals surface area contributed by atoms with Gasteiger partial charge in [-0.05, 0) is 0 Å². The monoisotopic (exact) mass is 156 g/mol. The number of amides is 2. The van der Waals surface area contributed by atoms with Crippen molar-refractivity contribution < 1.29 is 9.59 Å². The molecule has 4 nitrogen and oxygen atoms in total. The lowest BCUT2D eigenvalue weighted by Gasteiger charge is -1.97. The van der Waals surface area contributed by atoms with Gasteiger partial charge in [-0.15, -0.1) is 0 Å². The van der Waals surface area contributed by atoms with Crippen molar-refractivity contribution in [2.75, 3.05) is 0 Å². The number of hydrogen-bond donors (Lipinski definition) is 0. The molecule has 1 aliphatic heterocycles. The Morgan fingerprint density at radius 1 is 1.60 bits per heavy atom. The molecule has 50 valence electrons. The molecule has 0 aromatic heterocycles. The molecular weight excluding hydrogens is 156 g/mol. The molecule has 1 rings (SSSR count). The van der Waals surface area contributed by atoms with E-state index in [1.54, 1.807) is 0 Å². The van der Waals surface area contributed by atoms with Crippen molar-refractivity contribution in [3.05, 3.63) is 11.6 Å². The quantitative estimate of drug-likeness (QED) is 0.365. The average molecular weight is 157 g/mol. The Morgan fingerprint density at radius 2 is 2.20 bits per heavy atom. The third-order valence-corrected chi connectivity index (χ3v) is 1.31. The zero-order valence-corrected chi connectivity index (χ0v) is 5.42. The molecule has 10 heavy (non-hydrogen) atoms. The van der Waals surface area contributed by atoms with E-state index in [0.29, 0.717) is 4.42 Å². The minimum absolute atomic E-state index is 0.222. The molecule has 1 heterocycles. The van der Waals surface area contributed by atoms with Gasteiger partial charge >= 0.3 is 0 Å². The second-order valence-corrected chi connectivity index (χ2v) is 1.93. The number of halogens is 1. The van der Waals surface area contributed by atoms with E-state index in [4.69, 9.17) is 17.0 Å². The summed E-state index contributed by atoms with van der Waals surface area (Å²) in [5.74, 6) is -1.42. The fourth-order valence-electron chi connectivity index (χ4n) is 0.528. The Morgan fingerprint density at radius 3 is 2.40 bits per heavy atom. The van der Waals surface area contributed by atoms with Crippen molar-refractivity contribution in [2.24, 2.45) is 0 Å².